The van der Waals surface area contributed by atoms with Crippen molar-refractivity contribution >= 4 is 11.7 Å². The van der Waals surface area contributed by atoms with Crippen LogP contribution in [-0.4, -0.2) is 68.1 Å². The van der Waals surface area contributed by atoms with Gasteiger partial charge in [0.1, 0.15) is 5.82 Å². The predicted octanol–water partition coefficient (Wildman–Crippen LogP) is 0.707. The van der Waals surface area contributed by atoms with Crippen LogP contribution in [0.1, 0.15) is 29.6 Å². The van der Waals surface area contributed by atoms with Crippen LogP contribution >= 0.6 is 0 Å². The number of hydrogen-bond donors (Lipinski definition) is 2. The maximum absolute atomic E-state index is 12.5. The first-order chi connectivity index (χ1) is 11.3. The lowest BCUT2D eigenvalue weighted by Gasteiger charge is -2.29. The highest BCUT2D eigenvalue weighted by molar-refractivity contribution is 5.98. The van der Waals surface area contributed by atoms with E-state index in [2.05, 4.69) is 25.4 Å². The van der Waals surface area contributed by atoms with Gasteiger partial charge in [-0.15, -0.1) is 0 Å². The third-order valence-electron chi connectivity index (χ3n) is 4.61. The molecule has 1 aromatic rings. The summed E-state index contributed by atoms with van der Waals surface area (Å²) < 4.78 is 0. The molecule has 1 aromatic heterocycles. The summed E-state index contributed by atoms with van der Waals surface area (Å²) in [4.78, 5) is 21.6. The van der Waals surface area contributed by atoms with Crippen molar-refractivity contribution in [2.24, 2.45) is 0 Å². The Bertz CT molecular complexity index is 509. The first kappa shape index (κ1) is 16.2. The zero-order valence-electron chi connectivity index (χ0n) is 13.8. The Hall–Kier alpha value is -1.66. The SMILES string of the molecule is O=C(NCCN1CCNCC1)c1cccnc1N1CCCCC1. The fourth-order valence-corrected chi connectivity index (χ4v) is 3.29. The molecular formula is C17H27N5O. The number of rotatable bonds is 5. The number of piperazine rings is 1. The van der Waals surface area contributed by atoms with E-state index in [4.69, 9.17) is 0 Å². The van der Waals surface area contributed by atoms with E-state index in [0.717, 1.165) is 51.6 Å². The Morgan fingerprint density at radius 1 is 1.17 bits per heavy atom. The lowest BCUT2D eigenvalue weighted by Crippen LogP contribution is -2.46. The number of amides is 1. The maximum Gasteiger partial charge on any atom is 0.255 e. The molecule has 1 amide bonds. The number of pyridine rings is 1. The lowest BCUT2D eigenvalue weighted by molar-refractivity contribution is 0.0947. The first-order valence-electron chi connectivity index (χ1n) is 8.76. The molecule has 0 radical (unpaired) electrons. The topological polar surface area (TPSA) is 60.5 Å². The van der Waals surface area contributed by atoms with Crippen LogP contribution in [0.15, 0.2) is 18.3 Å². The zero-order valence-corrected chi connectivity index (χ0v) is 13.8. The summed E-state index contributed by atoms with van der Waals surface area (Å²) in [5, 5.41) is 6.40. The molecule has 2 aliphatic heterocycles. The molecule has 0 bridgehead atoms. The monoisotopic (exact) mass is 317 g/mol. The Kier molecular flexibility index (Phi) is 5.82. The van der Waals surface area contributed by atoms with Gasteiger partial charge in [-0.25, -0.2) is 4.98 Å². The highest BCUT2D eigenvalue weighted by Crippen LogP contribution is 2.21. The molecule has 2 saturated heterocycles. The smallest absolute Gasteiger partial charge is 0.255 e. The van der Waals surface area contributed by atoms with Gasteiger partial charge in [-0.05, 0) is 31.4 Å². The Morgan fingerprint density at radius 3 is 2.74 bits per heavy atom. The van der Waals surface area contributed by atoms with Crippen molar-refractivity contribution in [3.8, 4) is 0 Å². The second kappa shape index (κ2) is 8.26. The largest absolute Gasteiger partial charge is 0.356 e. The van der Waals surface area contributed by atoms with Gasteiger partial charge in [0, 0.05) is 58.6 Å². The van der Waals surface area contributed by atoms with E-state index in [-0.39, 0.29) is 5.91 Å². The van der Waals surface area contributed by atoms with E-state index < -0.39 is 0 Å². The number of nitrogens with zero attached hydrogens (tertiary/aromatic N) is 3. The molecule has 6 heteroatoms. The summed E-state index contributed by atoms with van der Waals surface area (Å²) in [5.41, 5.74) is 0.703. The van der Waals surface area contributed by atoms with Gasteiger partial charge in [0.2, 0.25) is 0 Å². The molecule has 2 fully saturated rings. The van der Waals surface area contributed by atoms with Crippen LogP contribution in [0.4, 0.5) is 5.82 Å². The van der Waals surface area contributed by atoms with Crippen molar-refractivity contribution in [3.63, 3.8) is 0 Å². The fraction of sp³-hybridized carbons (Fsp3) is 0.647. The van der Waals surface area contributed by atoms with Gasteiger partial charge < -0.3 is 15.5 Å². The molecule has 0 atom stereocenters. The molecule has 3 heterocycles. The van der Waals surface area contributed by atoms with Gasteiger partial charge in [0.05, 0.1) is 5.56 Å². The van der Waals surface area contributed by atoms with Crippen LogP contribution in [0.5, 0.6) is 0 Å². The van der Waals surface area contributed by atoms with Crippen molar-refractivity contribution in [1.82, 2.24) is 20.5 Å². The normalized spacial score (nSPS) is 19.6. The number of hydrogen-bond acceptors (Lipinski definition) is 5. The number of anilines is 1. The lowest BCUT2D eigenvalue weighted by atomic mass is 10.1. The summed E-state index contributed by atoms with van der Waals surface area (Å²) >= 11 is 0. The van der Waals surface area contributed by atoms with Gasteiger partial charge >= 0.3 is 0 Å². The minimum atomic E-state index is -0.00573. The van der Waals surface area contributed by atoms with Crippen LogP contribution in [-0.2, 0) is 0 Å². The molecule has 0 aromatic carbocycles. The van der Waals surface area contributed by atoms with E-state index in [9.17, 15) is 4.79 Å². The van der Waals surface area contributed by atoms with E-state index in [0.29, 0.717) is 12.1 Å². The van der Waals surface area contributed by atoms with Crippen LogP contribution in [0.2, 0.25) is 0 Å². The fourth-order valence-electron chi connectivity index (χ4n) is 3.29. The van der Waals surface area contributed by atoms with Gasteiger partial charge in [-0.3, -0.25) is 9.69 Å². The maximum atomic E-state index is 12.5. The van der Waals surface area contributed by atoms with Crippen molar-refractivity contribution in [3.05, 3.63) is 23.9 Å². The van der Waals surface area contributed by atoms with Crippen LogP contribution in [0, 0.1) is 0 Å². The van der Waals surface area contributed by atoms with Crippen LogP contribution in [0.25, 0.3) is 0 Å². The zero-order chi connectivity index (χ0) is 15.9. The summed E-state index contributed by atoms with van der Waals surface area (Å²) in [6, 6.07) is 3.73. The Balaban J connectivity index is 1.56. The van der Waals surface area contributed by atoms with E-state index in [1.165, 1.54) is 19.3 Å². The van der Waals surface area contributed by atoms with Gasteiger partial charge in [-0.2, -0.15) is 0 Å². The van der Waals surface area contributed by atoms with Crippen molar-refractivity contribution in [2.45, 2.75) is 19.3 Å². The molecular weight excluding hydrogens is 290 g/mol. The second-order valence-corrected chi connectivity index (χ2v) is 6.27. The molecule has 0 saturated carbocycles. The number of piperidine rings is 1. The Morgan fingerprint density at radius 2 is 1.96 bits per heavy atom. The average molecular weight is 317 g/mol. The molecule has 6 nitrogen and oxygen atoms in total. The minimum Gasteiger partial charge on any atom is -0.356 e. The summed E-state index contributed by atoms with van der Waals surface area (Å²) in [6.07, 6.45) is 5.41. The number of carbonyl (C=O) groups excluding carboxylic acids is 1. The van der Waals surface area contributed by atoms with E-state index in [1.807, 2.05) is 12.1 Å². The van der Waals surface area contributed by atoms with Gasteiger partial charge in [0.15, 0.2) is 0 Å². The van der Waals surface area contributed by atoms with Gasteiger partial charge in [0.25, 0.3) is 5.91 Å². The molecule has 0 unspecified atom stereocenters. The summed E-state index contributed by atoms with van der Waals surface area (Å²) in [5.74, 6) is 0.834. The molecule has 0 spiro atoms. The quantitative estimate of drug-likeness (QED) is 0.837. The minimum absolute atomic E-state index is 0.00573. The molecule has 3 rings (SSSR count). The predicted molar refractivity (Wildman–Crippen MR) is 91.9 cm³/mol. The van der Waals surface area contributed by atoms with E-state index in [1.54, 1.807) is 6.20 Å². The summed E-state index contributed by atoms with van der Waals surface area (Å²) in [7, 11) is 0. The molecule has 0 aliphatic carbocycles. The molecule has 23 heavy (non-hydrogen) atoms. The average Bonchev–Trinajstić information content (AvgIpc) is 2.63. The summed E-state index contributed by atoms with van der Waals surface area (Å²) in [6.45, 7) is 7.78. The highest BCUT2D eigenvalue weighted by Gasteiger charge is 2.19. The van der Waals surface area contributed by atoms with Gasteiger partial charge in [-0.1, -0.05) is 0 Å². The standard InChI is InChI=1S/C17H27N5O/c23-17(20-9-14-21-12-7-18-8-13-21)15-5-4-6-19-16(15)22-10-2-1-3-11-22/h4-6,18H,1-3,7-14H2,(H,20,23). The molecule has 2 aliphatic rings. The second-order valence-electron chi connectivity index (χ2n) is 6.27. The first-order valence-corrected chi connectivity index (χ1v) is 8.76. The van der Waals surface area contributed by atoms with E-state index >= 15 is 0 Å². The van der Waals surface area contributed by atoms with Crippen molar-refractivity contribution < 1.29 is 4.79 Å². The highest BCUT2D eigenvalue weighted by atomic mass is 16.1. The molecule has 2 N–H and O–H groups in total. The third-order valence-corrected chi connectivity index (χ3v) is 4.61. The van der Waals surface area contributed by atoms with Crippen molar-refractivity contribution in [2.75, 3.05) is 57.3 Å². The number of carbonyl (C=O) groups is 1. The van der Waals surface area contributed by atoms with Crippen LogP contribution < -0.4 is 15.5 Å². The Labute approximate surface area is 138 Å². The van der Waals surface area contributed by atoms with Crippen molar-refractivity contribution in [1.29, 1.82) is 0 Å². The number of aromatic nitrogens is 1. The third kappa shape index (κ3) is 4.42. The van der Waals surface area contributed by atoms with Crippen LogP contribution in [0.3, 0.4) is 0 Å². The number of nitrogens with one attached hydrogen (secondary N) is 2. The molecule has 126 valence electrons.